The van der Waals surface area contributed by atoms with Crippen LogP contribution in [0.25, 0.3) is 0 Å². The van der Waals surface area contributed by atoms with Gasteiger partial charge >= 0.3 is 0 Å². The highest BCUT2D eigenvalue weighted by molar-refractivity contribution is 5.85. The summed E-state index contributed by atoms with van der Waals surface area (Å²) >= 11 is 0. The molecule has 1 aliphatic carbocycles. The Hall–Kier alpha value is -0.770. The number of nitrogens with zero attached hydrogens (tertiary/aromatic N) is 1. The maximum absolute atomic E-state index is 8.65. The van der Waals surface area contributed by atoms with Crippen LogP contribution in [0.3, 0.4) is 0 Å². The normalized spacial score (nSPS) is 20.6. The summed E-state index contributed by atoms with van der Waals surface area (Å²) in [6.45, 7) is 7.31. The molecule has 4 N–H and O–H groups in total. The van der Waals surface area contributed by atoms with Crippen LogP contribution >= 0.6 is 0 Å². The first-order valence-corrected chi connectivity index (χ1v) is 6.13. The third kappa shape index (κ3) is 3.37. The molecule has 0 amide bonds. The summed E-state index contributed by atoms with van der Waals surface area (Å²) in [7, 11) is 0. The van der Waals surface area contributed by atoms with Crippen molar-refractivity contribution in [2.45, 2.75) is 58.4 Å². The molecule has 0 aromatic carbocycles. The molecule has 0 bridgehead atoms. The van der Waals surface area contributed by atoms with Crippen molar-refractivity contribution < 1.29 is 5.21 Å². The van der Waals surface area contributed by atoms with Crippen LogP contribution < -0.4 is 11.1 Å². The van der Waals surface area contributed by atoms with Crippen LogP contribution in [0.4, 0.5) is 0 Å². The zero-order valence-corrected chi connectivity index (χ0v) is 10.7. The summed E-state index contributed by atoms with van der Waals surface area (Å²) < 4.78 is 0. The lowest BCUT2D eigenvalue weighted by Gasteiger charge is -2.39. The van der Waals surface area contributed by atoms with E-state index >= 15 is 0 Å². The lowest BCUT2D eigenvalue weighted by atomic mass is 9.78. The maximum Gasteiger partial charge on any atom is 0.144 e. The monoisotopic (exact) mass is 227 g/mol. The molecule has 94 valence electrons. The van der Waals surface area contributed by atoms with Gasteiger partial charge in [0.1, 0.15) is 5.84 Å². The van der Waals surface area contributed by atoms with Gasteiger partial charge in [-0.05, 0) is 45.6 Å². The molecule has 1 fully saturated rings. The summed E-state index contributed by atoms with van der Waals surface area (Å²) in [6.07, 6.45) is 5.91. The second kappa shape index (κ2) is 5.04. The van der Waals surface area contributed by atoms with Gasteiger partial charge in [0.25, 0.3) is 0 Å². The largest absolute Gasteiger partial charge is 0.409 e. The predicted molar refractivity (Wildman–Crippen MR) is 66.7 cm³/mol. The van der Waals surface area contributed by atoms with Crippen LogP contribution in [-0.2, 0) is 0 Å². The minimum absolute atomic E-state index is 0.211. The van der Waals surface area contributed by atoms with E-state index in [1.54, 1.807) is 0 Å². The quantitative estimate of drug-likeness (QED) is 0.214. The van der Waals surface area contributed by atoms with Crippen molar-refractivity contribution in [2.24, 2.45) is 16.3 Å². The van der Waals surface area contributed by atoms with E-state index in [9.17, 15) is 0 Å². The summed E-state index contributed by atoms with van der Waals surface area (Å²) in [5.41, 5.74) is 5.80. The molecule has 0 spiro atoms. The molecule has 0 heterocycles. The number of nitrogens with one attached hydrogen (secondary N) is 1. The maximum atomic E-state index is 8.65. The molecule has 1 aliphatic rings. The molecule has 16 heavy (non-hydrogen) atoms. The minimum atomic E-state index is -0.211. The van der Waals surface area contributed by atoms with Crippen molar-refractivity contribution in [3.05, 3.63) is 0 Å². The Morgan fingerprint density at radius 1 is 1.50 bits per heavy atom. The van der Waals surface area contributed by atoms with Gasteiger partial charge in [0.2, 0.25) is 0 Å². The fourth-order valence-electron chi connectivity index (χ4n) is 2.07. The minimum Gasteiger partial charge on any atom is -0.409 e. The van der Waals surface area contributed by atoms with Crippen molar-refractivity contribution >= 4 is 5.84 Å². The van der Waals surface area contributed by atoms with Crippen LogP contribution in [0, 0.1) is 5.41 Å². The molecule has 4 heteroatoms. The molecular weight excluding hydrogens is 202 g/mol. The van der Waals surface area contributed by atoms with E-state index in [0.29, 0.717) is 11.4 Å². The number of amidine groups is 1. The number of nitrogens with two attached hydrogens (primary N) is 1. The lowest BCUT2D eigenvalue weighted by molar-refractivity contribution is 0.206. The van der Waals surface area contributed by atoms with E-state index < -0.39 is 0 Å². The molecule has 1 rings (SSSR count). The summed E-state index contributed by atoms with van der Waals surface area (Å²) in [6, 6.07) is 0. The molecule has 0 radical (unpaired) electrons. The van der Waals surface area contributed by atoms with Crippen LogP contribution in [0.15, 0.2) is 5.16 Å². The first kappa shape index (κ1) is 13.3. The molecule has 0 saturated heterocycles. The number of oxime groups is 1. The summed E-state index contributed by atoms with van der Waals surface area (Å²) in [5, 5.41) is 15.3. The van der Waals surface area contributed by atoms with Gasteiger partial charge in [-0.3, -0.25) is 0 Å². The topological polar surface area (TPSA) is 70.6 Å². The first-order chi connectivity index (χ1) is 7.40. The predicted octanol–water partition coefficient (Wildman–Crippen LogP) is 2.07. The number of hydrogen-bond acceptors (Lipinski definition) is 3. The van der Waals surface area contributed by atoms with Crippen molar-refractivity contribution in [2.75, 3.05) is 6.54 Å². The molecule has 0 aliphatic heterocycles. The zero-order chi connectivity index (χ0) is 12.2. The Balaban J connectivity index is 2.19. The van der Waals surface area contributed by atoms with Crippen molar-refractivity contribution in [3.63, 3.8) is 0 Å². The van der Waals surface area contributed by atoms with Crippen LogP contribution in [0.5, 0.6) is 0 Å². The number of rotatable bonds is 6. The van der Waals surface area contributed by atoms with E-state index in [4.69, 9.17) is 10.9 Å². The SMILES string of the molecule is CC1(NCCCC(C)(C)C(N)=NO)CCC1. The third-order valence-electron chi connectivity index (χ3n) is 3.79. The smallest absolute Gasteiger partial charge is 0.144 e. The fraction of sp³-hybridized carbons (Fsp3) is 0.917. The molecule has 0 unspecified atom stereocenters. The molecule has 1 saturated carbocycles. The Morgan fingerprint density at radius 3 is 2.56 bits per heavy atom. The molecule has 0 atom stereocenters. The van der Waals surface area contributed by atoms with E-state index in [-0.39, 0.29) is 5.41 Å². The van der Waals surface area contributed by atoms with Crippen molar-refractivity contribution in [3.8, 4) is 0 Å². The second-order valence-electron chi connectivity index (χ2n) is 5.81. The van der Waals surface area contributed by atoms with E-state index in [0.717, 1.165) is 19.4 Å². The van der Waals surface area contributed by atoms with Crippen LogP contribution in [0.2, 0.25) is 0 Å². The van der Waals surface area contributed by atoms with Gasteiger partial charge in [-0.1, -0.05) is 19.0 Å². The van der Waals surface area contributed by atoms with E-state index in [1.807, 2.05) is 13.8 Å². The summed E-state index contributed by atoms with van der Waals surface area (Å²) in [4.78, 5) is 0. The van der Waals surface area contributed by atoms with Gasteiger partial charge in [-0.15, -0.1) is 0 Å². The van der Waals surface area contributed by atoms with Crippen molar-refractivity contribution in [1.29, 1.82) is 0 Å². The van der Waals surface area contributed by atoms with Gasteiger partial charge in [-0.2, -0.15) is 0 Å². The van der Waals surface area contributed by atoms with E-state index in [2.05, 4.69) is 17.4 Å². The molecular formula is C12H25N3O. The Bertz CT molecular complexity index is 257. The first-order valence-electron chi connectivity index (χ1n) is 6.13. The third-order valence-corrected chi connectivity index (χ3v) is 3.79. The van der Waals surface area contributed by atoms with Crippen LogP contribution in [0.1, 0.15) is 52.9 Å². The highest BCUT2D eigenvalue weighted by Gasteiger charge is 2.31. The highest BCUT2D eigenvalue weighted by Crippen LogP contribution is 2.31. The van der Waals surface area contributed by atoms with Gasteiger partial charge in [0.05, 0.1) is 0 Å². The molecule has 0 aromatic rings. The van der Waals surface area contributed by atoms with Gasteiger partial charge in [0.15, 0.2) is 0 Å². The Morgan fingerprint density at radius 2 is 2.12 bits per heavy atom. The highest BCUT2D eigenvalue weighted by atomic mass is 16.4. The van der Waals surface area contributed by atoms with Gasteiger partial charge in [-0.25, -0.2) is 0 Å². The Labute approximate surface area is 98.3 Å². The summed E-state index contributed by atoms with van der Waals surface area (Å²) in [5.74, 6) is 0.322. The Kier molecular flexibility index (Phi) is 4.19. The van der Waals surface area contributed by atoms with Crippen molar-refractivity contribution in [1.82, 2.24) is 5.32 Å². The van der Waals surface area contributed by atoms with Gasteiger partial charge in [0, 0.05) is 11.0 Å². The average molecular weight is 227 g/mol. The second-order valence-corrected chi connectivity index (χ2v) is 5.81. The average Bonchev–Trinajstić information content (AvgIpc) is 2.20. The lowest BCUT2D eigenvalue weighted by Crippen LogP contribution is -2.48. The fourth-order valence-corrected chi connectivity index (χ4v) is 2.07. The van der Waals surface area contributed by atoms with E-state index in [1.165, 1.54) is 19.3 Å². The standard InChI is InChI=1S/C12H25N3O/c1-11(2,10(13)15-16)6-5-9-14-12(3)7-4-8-12/h14,16H,4-9H2,1-3H3,(H2,13,15). The molecule has 4 nitrogen and oxygen atoms in total. The zero-order valence-electron chi connectivity index (χ0n) is 10.7. The molecule has 0 aromatic heterocycles. The van der Waals surface area contributed by atoms with Crippen LogP contribution in [-0.4, -0.2) is 23.1 Å². The number of hydrogen-bond donors (Lipinski definition) is 3. The van der Waals surface area contributed by atoms with Gasteiger partial charge < -0.3 is 16.3 Å².